The molecule has 0 atom stereocenters. The summed E-state index contributed by atoms with van der Waals surface area (Å²) >= 11 is 11.0. The molecule has 0 aromatic carbocycles. The van der Waals surface area contributed by atoms with Gasteiger partial charge in [0.25, 0.3) is 0 Å². The molecule has 0 amide bonds. The van der Waals surface area contributed by atoms with E-state index in [1.165, 1.54) is 25.7 Å². The van der Waals surface area contributed by atoms with Gasteiger partial charge in [0.05, 0.1) is 6.54 Å². The molecule has 11 heavy (non-hydrogen) atoms. The quantitative estimate of drug-likeness (QED) is 0.440. The fraction of sp³-hybridized carbons (Fsp3) is 1.00. The molecule has 4 heteroatoms. The van der Waals surface area contributed by atoms with Crippen LogP contribution in [0.2, 0.25) is 0 Å². The van der Waals surface area contributed by atoms with Crippen molar-refractivity contribution in [2.45, 2.75) is 39.0 Å². The van der Waals surface area contributed by atoms with Crippen LogP contribution < -0.4 is 0 Å². The number of rotatable bonds is 6. The molecule has 0 unspecified atom stereocenters. The predicted octanol–water partition coefficient (Wildman–Crippen LogP) is 4.93. The van der Waals surface area contributed by atoms with Gasteiger partial charge in [0.15, 0.2) is 0 Å². The number of hydrogen-bond acceptors (Lipinski definition) is 1. The Morgan fingerprint density at radius 2 is 1.73 bits per heavy atom. The maximum Gasteiger partial charge on any atom is 0.438 e. The van der Waals surface area contributed by atoms with Gasteiger partial charge in [-0.3, -0.25) is 0 Å². The molecule has 0 aromatic heterocycles. The van der Waals surface area contributed by atoms with Crippen LogP contribution in [0.3, 0.4) is 0 Å². The monoisotopic (exact) mass is 214 g/mol. The van der Waals surface area contributed by atoms with Crippen molar-refractivity contribution < 1.29 is 0 Å². The highest BCUT2D eigenvalue weighted by Crippen LogP contribution is 2.36. The van der Waals surface area contributed by atoms with Gasteiger partial charge >= 0.3 is 6.42 Å². The highest BCUT2D eigenvalue weighted by atomic mass is 35.9. The standard InChI is InChI=1S/C7H15Cl2NP/c1-2-3-4-5-6-7-10-11(8)9/h2-7H2,1H3/q+1. The molecule has 0 aliphatic carbocycles. The van der Waals surface area contributed by atoms with Gasteiger partial charge in [0, 0.05) is 0 Å². The largest absolute Gasteiger partial charge is 0.438 e. The van der Waals surface area contributed by atoms with E-state index in [1.807, 2.05) is 0 Å². The molecule has 0 rings (SSSR count). The van der Waals surface area contributed by atoms with Crippen molar-refractivity contribution in [3.63, 3.8) is 0 Å². The third-order valence-corrected chi connectivity index (χ3v) is 2.52. The maximum atomic E-state index is 5.48. The van der Waals surface area contributed by atoms with Gasteiger partial charge in [-0.15, -0.1) is 0 Å². The third-order valence-electron chi connectivity index (χ3n) is 1.47. The highest BCUT2D eigenvalue weighted by Gasteiger charge is 2.00. The molecule has 0 saturated heterocycles. The summed E-state index contributed by atoms with van der Waals surface area (Å²) in [4.78, 5) is 0. The van der Waals surface area contributed by atoms with Crippen molar-refractivity contribution in [2.24, 2.45) is 4.74 Å². The van der Waals surface area contributed by atoms with Gasteiger partial charge in [0.1, 0.15) is 0 Å². The Morgan fingerprint density at radius 1 is 1.09 bits per heavy atom. The SMILES string of the molecule is CCCCCCCN=[P+](Cl)Cl. The zero-order valence-electron chi connectivity index (χ0n) is 6.89. The van der Waals surface area contributed by atoms with E-state index in [9.17, 15) is 0 Å². The second kappa shape index (κ2) is 8.77. The Kier molecular flexibility index (Phi) is 9.32. The molecule has 0 fully saturated rings. The van der Waals surface area contributed by atoms with Gasteiger partial charge < -0.3 is 0 Å². The van der Waals surface area contributed by atoms with Gasteiger partial charge in [-0.2, -0.15) is 0 Å². The minimum absolute atomic E-state index is 0.836. The normalized spacial score (nSPS) is 9.73. The van der Waals surface area contributed by atoms with E-state index in [4.69, 9.17) is 22.5 Å². The van der Waals surface area contributed by atoms with E-state index in [0.717, 1.165) is 13.0 Å². The summed E-state index contributed by atoms with van der Waals surface area (Å²) in [5.41, 5.74) is 0. The Hall–Kier alpha value is 0.680. The van der Waals surface area contributed by atoms with Gasteiger partial charge in [-0.1, -0.05) is 37.4 Å². The average Bonchev–Trinajstić information content (AvgIpc) is 1.96. The first kappa shape index (κ1) is 11.7. The number of nitrogens with zero attached hydrogens (tertiary/aromatic N) is 1. The summed E-state index contributed by atoms with van der Waals surface area (Å²) < 4.78 is 4.02. The number of unbranched alkanes of at least 4 members (excludes halogenated alkanes) is 4. The molecule has 0 radical (unpaired) electrons. The maximum absolute atomic E-state index is 5.48. The van der Waals surface area contributed by atoms with Crippen LogP contribution in [0.15, 0.2) is 4.74 Å². The van der Waals surface area contributed by atoms with Crippen molar-refractivity contribution in [2.75, 3.05) is 6.54 Å². The van der Waals surface area contributed by atoms with E-state index in [0.29, 0.717) is 0 Å². The van der Waals surface area contributed by atoms with Crippen LogP contribution in [0.5, 0.6) is 0 Å². The van der Waals surface area contributed by atoms with Crippen molar-refractivity contribution >= 4 is 28.9 Å². The van der Waals surface area contributed by atoms with Gasteiger partial charge in [-0.25, -0.2) is 0 Å². The lowest BCUT2D eigenvalue weighted by Crippen LogP contribution is -1.79. The van der Waals surface area contributed by atoms with Gasteiger partial charge in [0.2, 0.25) is 22.5 Å². The molecule has 66 valence electrons. The van der Waals surface area contributed by atoms with E-state index >= 15 is 0 Å². The first-order chi connectivity index (χ1) is 5.27. The number of halogens is 2. The van der Waals surface area contributed by atoms with E-state index < -0.39 is 6.42 Å². The first-order valence-corrected chi connectivity index (χ1v) is 7.17. The molecule has 0 aromatic rings. The van der Waals surface area contributed by atoms with Crippen molar-refractivity contribution in [3.8, 4) is 0 Å². The van der Waals surface area contributed by atoms with Crippen LogP contribution in [-0.4, -0.2) is 6.54 Å². The fourth-order valence-corrected chi connectivity index (χ4v) is 1.61. The zero-order chi connectivity index (χ0) is 8.53. The molecule has 0 heterocycles. The lowest BCUT2D eigenvalue weighted by molar-refractivity contribution is 0.640. The summed E-state index contributed by atoms with van der Waals surface area (Å²) in [7, 11) is 0. The Bertz CT molecular complexity index is 113. The second-order valence-electron chi connectivity index (χ2n) is 2.49. The van der Waals surface area contributed by atoms with Crippen LogP contribution in [-0.2, 0) is 0 Å². The molecular formula is C7H15Cl2NP+. The Balaban J connectivity index is 2.97. The Labute approximate surface area is 79.5 Å². The summed E-state index contributed by atoms with van der Waals surface area (Å²) in [5.74, 6) is 0. The van der Waals surface area contributed by atoms with Gasteiger partial charge in [-0.05, 0) is 6.42 Å². The summed E-state index contributed by atoms with van der Waals surface area (Å²) in [6.07, 6.45) is 5.27. The molecule has 0 aliphatic rings. The molecule has 0 bridgehead atoms. The van der Waals surface area contributed by atoms with E-state index in [-0.39, 0.29) is 0 Å². The Morgan fingerprint density at radius 3 is 2.27 bits per heavy atom. The number of hydrogen-bond donors (Lipinski definition) is 0. The van der Waals surface area contributed by atoms with E-state index in [1.54, 1.807) is 0 Å². The fourth-order valence-electron chi connectivity index (χ4n) is 0.862. The van der Waals surface area contributed by atoms with Crippen LogP contribution in [0.4, 0.5) is 0 Å². The second-order valence-corrected chi connectivity index (χ2v) is 5.65. The lowest BCUT2D eigenvalue weighted by atomic mass is 10.2. The van der Waals surface area contributed by atoms with Crippen molar-refractivity contribution in [3.05, 3.63) is 0 Å². The average molecular weight is 215 g/mol. The zero-order valence-corrected chi connectivity index (χ0v) is 9.30. The summed E-state index contributed by atoms with van der Waals surface area (Å²) in [5, 5.41) is 0. The van der Waals surface area contributed by atoms with E-state index in [2.05, 4.69) is 11.7 Å². The van der Waals surface area contributed by atoms with Crippen molar-refractivity contribution in [1.82, 2.24) is 0 Å². The van der Waals surface area contributed by atoms with Crippen LogP contribution in [0.25, 0.3) is 0 Å². The molecular weight excluding hydrogens is 200 g/mol. The summed E-state index contributed by atoms with van der Waals surface area (Å²) in [6, 6.07) is 0. The minimum Gasteiger partial charge on any atom is -0.0749 e. The summed E-state index contributed by atoms with van der Waals surface area (Å²) in [6.45, 7) is 3.05. The molecule has 0 spiro atoms. The topological polar surface area (TPSA) is 12.4 Å². The minimum atomic E-state index is -1.06. The first-order valence-electron chi connectivity index (χ1n) is 4.06. The van der Waals surface area contributed by atoms with Crippen LogP contribution in [0.1, 0.15) is 39.0 Å². The molecule has 0 aliphatic heterocycles. The predicted molar refractivity (Wildman–Crippen MR) is 54.7 cm³/mol. The molecule has 0 N–H and O–H groups in total. The molecule has 1 nitrogen and oxygen atoms in total. The van der Waals surface area contributed by atoms with Crippen LogP contribution in [0, 0.1) is 0 Å². The smallest absolute Gasteiger partial charge is 0.0749 e. The lowest BCUT2D eigenvalue weighted by Gasteiger charge is -1.93. The molecule has 0 saturated carbocycles. The third kappa shape index (κ3) is 10.7. The van der Waals surface area contributed by atoms with Crippen LogP contribution >= 0.6 is 28.9 Å². The highest BCUT2D eigenvalue weighted by molar-refractivity contribution is 7.96. The van der Waals surface area contributed by atoms with Crippen molar-refractivity contribution in [1.29, 1.82) is 0 Å².